The van der Waals surface area contributed by atoms with E-state index in [0.717, 1.165) is 12.0 Å². The van der Waals surface area contributed by atoms with E-state index in [1.54, 1.807) is 30.3 Å². The first-order chi connectivity index (χ1) is 11.5. The van der Waals surface area contributed by atoms with E-state index in [1.807, 2.05) is 13.8 Å². The zero-order valence-electron chi connectivity index (χ0n) is 13.7. The van der Waals surface area contributed by atoms with E-state index in [0.29, 0.717) is 5.75 Å². The number of hydrogen-bond donors (Lipinski definition) is 2. The summed E-state index contributed by atoms with van der Waals surface area (Å²) in [4.78, 5) is 24.3. The standard InChI is InChI=1S/C19H20O5/c1-3-12(2)13-9-15(17(21)11-20)18(22)16(10-13)19(23)24-14-7-5-4-6-8-14/h4-10,12,20,22H,3,11H2,1-2H3. The van der Waals surface area contributed by atoms with Crippen molar-refractivity contribution >= 4 is 11.8 Å². The third-order valence-electron chi connectivity index (χ3n) is 3.93. The molecule has 5 nitrogen and oxygen atoms in total. The molecule has 0 aliphatic rings. The highest BCUT2D eigenvalue weighted by Gasteiger charge is 2.23. The van der Waals surface area contributed by atoms with Crippen molar-refractivity contribution in [2.45, 2.75) is 26.2 Å². The lowest BCUT2D eigenvalue weighted by atomic mass is 9.92. The van der Waals surface area contributed by atoms with Crippen LogP contribution >= 0.6 is 0 Å². The number of hydrogen-bond acceptors (Lipinski definition) is 5. The first-order valence-corrected chi connectivity index (χ1v) is 7.76. The molecule has 0 saturated heterocycles. The molecule has 2 aromatic carbocycles. The van der Waals surface area contributed by atoms with Crippen molar-refractivity contribution in [1.29, 1.82) is 0 Å². The first-order valence-electron chi connectivity index (χ1n) is 7.76. The molecule has 0 amide bonds. The Kier molecular flexibility index (Phi) is 5.71. The van der Waals surface area contributed by atoms with Crippen LogP contribution in [0.5, 0.6) is 11.5 Å². The number of aromatic hydroxyl groups is 1. The van der Waals surface area contributed by atoms with Crippen LogP contribution in [-0.4, -0.2) is 28.6 Å². The van der Waals surface area contributed by atoms with Crippen molar-refractivity contribution in [2.75, 3.05) is 6.61 Å². The number of esters is 1. The highest BCUT2D eigenvalue weighted by molar-refractivity contribution is 6.04. The monoisotopic (exact) mass is 328 g/mol. The van der Waals surface area contributed by atoms with Gasteiger partial charge in [0, 0.05) is 0 Å². The lowest BCUT2D eigenvalue weighted by Crippen LogP contribution is -2.13. The predicted octanol–water partition coefficient (Wildman–Crippen LogP) is 3.30. The summed E-state index contributed by atoms with van der Waals surface area (Å²) < 4.78 is 5.25. The molecule has 0 bridgehead atoms. The van der Waals surface area contributed by atoms with Gasteiger partial charge in [0.2, 0.25) is 0 Å². The van der Waals surface area contributed by atoms with Crippen LogP contribution in [-0.2, 0) is 0 Å². The zero-order valence-corrected chi connectivity index (χ0v) is 13.7. The van der Waals surface area contributed by atoms with Crippen LogP contribution in [0.1, 0.15) is 52.5 Å². The maximum absolute atomic E-state index is 12.4. The van der Waals surface area contributed by atoms with E-state index in [4.69, 9.17) is 9.84 Å². The van der Waals surface area contributed by atoms with Gasteiger partial charge in [-0.05, 0) is 42.2 Å². The second kappa shape index (κ2) is 7.75. The van der Waals surface area contributed by atoms with Gasteiger partial charge in [-0.1, -0.05) is 32.0 Å². The molecule has 0 saturated carbocycles. The second-order valence-corrected chi connectivity index (χ2v) is 5.56. The quantitative estimate of drug-likeness (QED) is 0.483. The van der Waals surface area contributed by atoms with Crippen LogP contribution in [0.4, 0.5) is 0 Å². The van der Waals surface area contributed by atoms with Crippen molar-refractivity contribution in [3.63, 3.8) is 0 Å². The topological polar surface area (TPSA) is 83.8 Å². The molecule has 0 aromatic heterocycles. The fraction of sp³-hybridized carbons (Fsp3) is 0.263. The van der Waals surface area contributed by atoms with E-state index in [-0.39, 0.29) is 17.0 Å². The Hall–Kier alpha value is -2.66. The number of carbonyl (C=O) groups is 2. The van der Waals surface area contributed by atoms with Crippen LogP contribution in [0.3, 0.4) is 0 Å². The van der Waals surface area contributed by atoms with Gasteiger partial charge in [0.15, 0.2) is 5.78 Å². The summed E-state index contributed by atoms with van der Waals surface area (Å²) in [5.41, 5.74) is 0.566. The van der Waals surface area contributed by atoms with Gasteiger partial charge >= 0.3 is 5.97 Å². The number of carbonyl (C=O) groups excluding carboxylic acids is 2. The number of benzene rings is 2. The van der Waals surface area contributed by atoms with Gasteiger partial charge in [0.1, 0.15) is 23.7 Å². The van der Waals surface area contributed by atoms with Gasteiger partial charge in [-0.3, -0.25) is 4.79 Å². The Morgan fingerprint density at radius 1 is 1.12 bits per heavy atom. The van der Waals surface area contributed by atoms with Crippen molar-refractivity contribution in [3.8, 4) is 11.5 Å². The molecular formula is C19H20O5. The minimum absolute atomic E-state index is 0.0738. The van der Waals surface area contributed by atoms with Crippen molar-refractivity contribution < 1.29 is 24.5 Å². The molecule has 0 spiro atoms. The van der Waals surface area contributed by atoms with E-state index in [9.17, 15) is 14.7 Å². The highest BCUT2D eigenvalue weighted by atomic mass is 16.5. The minimum Gasteiger partial charge on any atom is -0.506 e. The summed E-state index contributed by atoms with van der Waals surface area (Å²) in [6.07, 6.45) is 0.796. The van der Waals surface area contributed by atoms with Gasteiger partial charge in [-0.25, -0.2) is 4.79 Å². The van der Waals surface area contributed by atoms with E-state index in [2.05, 4.69) is 0 Å². The van der Waals surface area contributed by atoms with Crippen LogP contribution in [0.25, 0.3) is 0 Å². The average molecular weight is 328 g/mol. The zero-order chi connectivity index (χ0) is 17.7. The maximum atomic E-state index is 12.4. The molecule has 126 valence electrons. The summed E-state index contributed by atoms with van der Waals surface area (Å²) in [5, 5.41) is 19.4. The number of phenolic OH excluding ortho intramolecular Hbond substituents is 1. The smallest absolute Gasteiger partial charge is 0.347 e. The maximum Gasteiger partial charge on any atom is 0.347 e. The number of aliphatic hydroxyl groups excluding tert-OH is 1. The van der Waals surface area contributed by atoms with Crippen LogP contribution in [0, 0.1) is 0 Å². The van der Waals surface area contributed by atoms with E-state index in [1.165, 1.54) is 12.1 Å². The normalized spacial score (nSPS) is 11.8. The van der Waals surface area contributed by atoms with Crippen molar-refractivity contribution in [1.82, 2.24) is 0 Å². The fourth-order valence-electron chi connectivity index (χ4n) is 2.28. The third-order valence-corrected chi connectivity index (χ3v) is 3.93. The predicted molar refractivity (Wildman–Crippen MR) is 89.6 cm³/mol. The number of ether oxygens (including phenoxy) is 1. The molecule has 0 aliphatic carbocycles. The van der Waals surface area contributed by atoms with Crippen molar-refractivity contribution in [2.24, 2.45) is 0 Å². The third kappa shape index (κ3) is 3.81. The lowest BCUT2D eigenvalue weighted by molar-refractivity contribution is 0.0731. The Labute approximate surface area is 140 Å². The largest absolute Gasteiger partial charge is 0.506 e. The van der Waals surface area contributed by atoms with Gasteiger partial charge in [0.25, 0.3) is 0 Å². The molecular weight excluding hydrogens is 308 g/mol. The lowest BCUT2D eigenvalue weighted by Gasteiger charge is -2.15. The summed E-state index contributed by atoms with van der Waals surface area (Å²) in [6, 6.07) is 11.5. The first kappa shape index (κ1) is 17.7. The summed E-state index contributed by atoms with van der Waals surface area (Å²) in [6.45, 7) is 3.18. The second-order valence-electron chi connectivity index (χ2n) is 5.56. The average Bonchev–Trinajstić information content (AvgIpc) is 2.61. The molecule has 0 aliphatic heterocycles. The Bertz CT molecular complexity index is 737. The van der Waals surface area contributed by atoms with Crippen LogP contribution in [0.15, 0.2) is 42.5 Å². The molecule has 0 radical (unpaired) electrons. The fourth-order valence-corrected chi connectivity index (χ4v) is 2.28. The number of para-hydroxylation sites is 1. The molecule has 1 unspecified atom stereocenters. The molecule has 0 fully saturated rings. The van der Waals surface area contributed by atoms with E-state index >= 15 is 0 Å². The summed E-state index contributed by atoms with van der Waals surface area (Å²) in [5.74, 6) is -1.45. The number of phenols is 1. The molecule has 5 heteroatoms. The molecule has 0 heterocycles. The van der Waals surface area contributed by atoms with Crippen LogP contribution in [0.2, 0.25) is 0 Å². The molecule has 2 N–H and O–H groups in total. The highest BCUT2D eigenvalue weighted by Crippen LogP contribution is 2.30. The number of Topliss-reactive ketones (excluding diaryl/α,β-unsaturated/α-hetero) is 1. The van der Waals surface area contributed by atoms with Crippen LogP contribution < -0.4 is 4.74 Å². The SMILES string of the molecule is CCC(C)c1cc(C(=O)CO)c(O)c(C(=O)Oc2ccccc2)c1. The molecule has 24 heavy (non-hydrogen) atoms. The van der Waals surface area contributed by atoms with Gasteiger partial charge in [-0.15, -0.1) is 0 Å². The number of ketones is 1. The Balaban J connectivity index is 2.47. The Morgan fingerprint density at radius 2 is 1.75 bits per heavy atom. The molecule has 1 atom stereocenters. The number of rotatable bonds is 6. The van der Waals surface area contributed by atoms with Crippen molar-refractivity contribution in [3.05, 3.63) is 59.2 Å². The summed E-state index contributed by atoms with van der Waals surface area (Å²) in [7, 11) is 0. The molecule has 2 rings (SSSR count). The van der Waals surface area contributed by atoms with Gasteiger partial charge in [-0.2, -0.15) is 0 Å². The Morgan fingerprint density at radius 3 is 2.33 bits per heavy atom. The minimum atomic E-state index is -0.754. The van der Waals surface area contributed by atoms with Gasteiger partial charge in [0.05, 0.1) is 5.56 Å². The van der Waals surface area contributed by atoms with Gasteiger partial charge < -0.3 is 14.9 Å². The molecule has 2 aromatic rings. The number of aliphatic hydroxyl groups is 1. The summed E-state index contributed by atoms with van der Waals surface area (Å²) >= 11 is 0. The van der Waals surface area contributed by atoms with E-state index < -0.39 is 24.1 Å².